The van der Waals surface area contributed by atoms with Crippen molar-refractivity contribution < 1.29 is 9.53 Å². The molecular weight excluding hydrogens is 266 g/mol. The topological polar surface area (TPSA) is 48.3 Å². The molecular formula is C17H19NO3. The van der Waals surface area contributed by atoms with E-state index in [1.54, 1.807) is 24.5 Å². The monoisotopic (exact) mass is 285 g/mol. The summed E-state index contributed by atoms with van der Waals surface area (Å²) in [5.74, 6) is -0.443. The van der Waals surface area contributed by atoms with Crippen LogP contribution in [0.25, 0.3) is 0 Å². The summed E-state index contributed by atoms with van der Waals surface area (Å²) in [4.78, 5) is 24.3. The summed E-state index contributed by atoms with van der Waals surface area (Å²) in [6.07, 6.45) is 0. The predicted octanol–water partition coefficient (Wildman–Crippen LogP) is 2.69. The van der Waals surface area contributed by atoms with Gasteiger partial charge in [0.25, 0.3) is 5.56 Å². The first-order valence-corrected chi connectivity index (χ1v) is 6.96. The van der Waals surface area contributed by atoms with E-state index in [1.807, 2.05) is 37.3 Å². The Hall–Kier alpha value is -2.36. The minimum atomic E-state index is -0.443. The highest BCUT2D eigenvalue weighted by molar-refractivity contribution is 5.91. The Labute approximate surface area is 124 Å². The molecule has 0 amide bonds. The SMILES string of the molecule is CCOC(=O)c1cc(C)n(Cc2ccccc2)c(=O)c1C. The Balaban J connectivity index is 2.43. The molecule has 0 saturated heterocycles. The van der Waals surface area contributed by atoms with Crippen LogP contribution >= 0.6 is 0 Å². The van der Waals surface area contributed by atoms with Gasteiger partial charge in [-0.05, 0) is 32.4 Å². The van der Waals surface area contributed by atoms with Gasteiger partial charge < -0.3 is 9.30 Å². The molecule has 2 aromatic rings. The van der Waals surface area contributed by atoms with E-state index in [1.165, 1.54) is 0 Å². The molecule has 2 rings (SSSR count). The van der Waals surface area contributed by atoms with Crippen LogP contribution in [0.4, 0.5) is 0 Å². The minimum Gasteiger partial charge on any atom is -0.462 e. The molecule has 1 aromatic heterocycles. The van der Waals surface area contributed by atoms with Gasteiger partial charge in [0.1, 0.15) is 0 Å². The molecule has 0 spiro atoms. The number of carbonyl (C=O) groups is 1. The first kappa shape index (κ1) is 15.0. The van der Waals surface area contributed by atoms with E-state index >= 15 is 0 Å². The lowest BCUT2D eigenvalue weighted by Crippen LogP contribution is -2.27. The molecule has 1 heterocycles. The summed E-state index contributed by atoms with van der Waals surface area (Å²) in [6, 6.07) is 11.5. The molecule has 0 aliphatic rings. The summed E-state index contributed by atoms with van der Waals surface area (Å²) in [5.41, 5.74) is 2.42. The molecule has 0 aliphatic heterocycles. The smallest absolute Gasteiger partial charge is 0.338 e. The van der Waals surface area contributed by atoms with E-state index in [9.17, 15) is 9.59 Å². The molecule has 1 aromatic carbocycles. The molecule has 4 nitrogen and oxygen atoms in total. The third kappa shape index (κ3) is 3.21. The van der Waals surface area contributed by atoms with E-state index < -0.39 is 5.97 Å². The summed E-state index contributed by atoms with van der Waals surface area (Å²) >= 11 is 0. The van der Waals surface area contributed by atoms with Gasteiger partial charge in [-0.1, -0.05) is 30.3 Å². The van der Waals surface area contributed by atoms with E-state index in [-0.39, 0.29) is 5.56 Å². The number of esters is 1. The van der Waals surface area contributed by atoms with E-state index in [0.29, 0.717) is 24.3 Å². The zero-order chi connectivity index (χ0) is 15.4. The van der Waals surface area contributed by atoms with Gasteiger partial charge >= 0.3 is 5.97 Å². The molecule has 0 aliphatic carbocycles. The predicted molar refractivity (Wildman–Crippen MR) is 81.7 cm³/mol. The van der Waals surface area contributed by atoms with Crippen LogP contribution in [-0.2, 0) is 11.3 Å². The second-order valence-corrected chi connectivity index (χ2v) is 4.92. The second kappa shape index (κ2) is 6.39. The summed E-state index contributed by atoms with van der Waals surface area (Å²) in [7, 11) is 0. The third-order valence-corrected chi connectivity index (χ3v) is 3.43. The lowest BCUT2D eigenvalue weighted by atomic mass is 10.1. The van der Waals surface area contributed by atoms with Crippen LogP contribution in [-0.4, -0.2) is 17.1 Å². The number of rotatable bonds is 4. The lowest BCUT2D eigenvalue weighted by Gasteiger charge is -2.14. The van der Waals surface area contributed by atoms with Crippen molar-refractivity contribution in [3.63, 3.8) is 0 Å². The third-order valence-electron chi connectivity index (χ3n) is 3.43. The molecule has 0 N–H and O–H groups in total. The van der Waals surface area contributed by atoms with Crippen molar-refractivity contribution in [1.29, 1.82) is 0 Å². The van der Waals surface area contributed by atoms with Crippen molar-refractivity contribution in [2.24, 2.45) is 0 Å². The van der Waals surface area contributed by atoms with Crippen LogP contribution in [0.2, 0.25) is 0 Å². The highest BCUT2D eigenvalue weighted by atomic mass is 16.5. The van der Waals surface area contributed by atoms with Gasteiger partial charge in [-0.25, -0.2) is 4.79 Å². The molecule has 0 saturated carbocycles. The quantitative estimate of drug-likeness (QED) is 0.811. The molecule has 0 fully saturated rings. The van der Waals surface area contributed by atoms with Crippen LogP contribution in [0.5, 0.6) is 0 Å². The largest absolute Gasteiger partial charge is 0.462 e. The second-order valence-electron chi connectivity index (χ2n) is 4.92. The summed E-state index contributed by atoms with van der Waals surface area (Å²) < 4.78 is 6.66. The maximum atomic E-state index is 12.5. The van der Waals surface area contributed by atoms with Gasteiger partial charge in [-0.3, -0.25) is 4.79 Å². The van der Waals surface area contributed by atoms with Crippen LogP contribution < -0.4 is 5.56 Å². The molecule has 0 unspecified atom stereocenters. The van der Waals surface area contributed by atoms with E-state index in [4.69, 9.17) is 4.74 Å². The number of benzene rings is 1. The fraction of sp³-hybridized carbons (Fsp3) is 0.294. The highest BCUT2D eigenvalue weighted by Gasteiger charge is 2.16. The first-order valence-electron chi connectivity index (χ1n) is 6.96. The zero-order valence-electron chi connectivity index (χ0n) is 12.6. The van der Waals surface area contributed by atoms with E-state index in [0.717, 1.165) is 11.3 Å². The molecule has 4 heteroatoms. The van der Waals surface area contributed by atoms with Crippen molar-refractivity contribution in [2.75, 3.05) is 6.61 Å². The Morgan fingerprint density at radius 1 is 1.19 bits per heavy atom. The molecule has 0 radical (unpaired) electrons. The first-order chi connectivity index (χ1) is 10.0. The van der Waals surface area contributed by atoms with Gasteiger partial charge in [0.15, 0.2) is 0 Å². The number of carbonyl (C=O) groups excluding carboxylic acids is 1. The normalized spacial score (nSPS) is 10.4. The Bertz CT molecular complexity index is 702. The number of ether oxygens (including phenoxy) is 1. The maximum absolute atomic E-state index is 12.5. The fourth-order valence-electron chi connectivity index (χ4n) is 2.26. The van der Waals surface area contributed by atoms with E-state index in [2.05, 4.69) is 0 Å². The van der Waals surface area contributed by atoms with Gasteiger partial charge in [0.05, 0.1) is 18.7 Å². The maximum Gasteiger partial charge on any atom is 0.338 e. The number of aryl methyl sites for hydroxylation is 1. The number of hydrogen-bond donors (Lipinski definition) is 0. The van der Waals surface area contributed by atoms with Crippen LogP contribution in [0.15, 0.2) is 41.2 Å². The summed E-state index contributed by atoms with van der Waals surface area (Å²) in [5, 5.41) is 0. The number of nitrogens with zero attached hydrogens (tertiary/aromatic N) is 1. The van der Waals surface area contributed by atoms with Gasteiger partial charge in [0.2, 0.25) is 0 Å². The highest BCUT2D eigenvalue weighted by Crippen LogP contribution is 2.10. The average Bonchev–Trinajstić information content (AvgIpc) is 2.48. The molecule has 0 atom stereocenters. The Kier molecular flexibility index (Phi) is 4.58. The molecule has 0 bridgehead atoms. The Morgan fingerprint density at radius 3 is 2.48 bits per heavy atom. The van der Waals surface area contributed by atoms with Crippen molar-refractivity contribution in [2.45, 2.75) is 27.3 Å². The average molecular weight is 285 g/mol. The molecule has 21 heavy (non-hydrogen) atoms. The van der Waals surface area contributed by atoms with Crippen molar-refractivity contribution in [3.8, 4) is 0 Å². The molecule has 110 valence electrons. The Morgan fingerprint density at radius 2 is 1.86 bits per heavy atom. The number of pyridine rings is 1. The number of hydrogen-bond acceptors (Lipinski definition) is 3. The van der Waals surface area contributed by atoms with Crippen LogP contribution in [0.1, 0.15) is 34.1 Å². The number of aromatic nitrogens is 1. The summed E-state index contributed by atoms with van der Waals surface area (Å²) in [6.45, 7) is 6.03. The van der Waals surface area contributed by atoms with Gasteiger partial charge in [-0.2, -0.15) is 0 Å². The minimum absolute atomic E-state index is 0.151. The standard InChI is InChI=1S/C17H19NO3/c1-4-21-17(20)15-10-12(2)18(16(19)13(15)3)11-14-8-6-5-7-9-14/h5-10H,4,11H2,1-3H3. The van der Waals surface area contributed by atoms with Crippen LogP contribution in [0, 0.1) is 13.8 Å². The van der Waals surface area contributed by atoms with Crippen LogP contribution in [0.3, 0.4) is 0 Å². The van der Waals surface area contributed by atoms with Crippen molar-refractivity contribution >= 4 is 5.97 Å². The van der Waals surface area contributed by atoms with Crippen molar-refractivity contribution in [1.82, 2.24) is 4.57 Å². The van der Waals surface area contributed by atoms with Gasteiger partial charge in [-0.15, -0.1) is 0 Å². The zero-order valence-corrected chi connectivity index (χ0v) is 12.6. The fourth-order valence-corrected chi connectivity index (χ4v) is 2.26. The van der Waals surface area contributed by atoms with Gasteiger partial charge in [0, 0.05) is 11.3 Å². The lowest BCUT2D eigenvalue weighted by molar-refractivity contribution is 0.0525. The van der Waals surface area contributed by atoms with Crippen molar-refractivity contribution in [3.05, 3.63) is 69.1 Å².